The first kappa shape index (κ1) is 20.1. The van der Waals surface area contributed by atoms with Gasteiger partial charge < -0.3 is 0 Å². The van der Waals surface area contributed by atoms with Gasteiger partial charge in [-0.3, -0.25) is 4.79 Å². The maximum atomic E-state index is 12.8. The molecule has 3 rings (SSSR count). The van der Waals surface area contributed by atoms with Crippen LogP contribution in [-0.4, -0.2) is 25.7 Å². The number of allylic oxidation sites excluding steroid dienone is 4. The van der Waals surface area contributed by atoms with Gasteiger partial charge in [-0.05, 0) is 61.4 Å². The average molecular weight is 457 g/mol. The smallest absolute Gasteiger partial charge is 0.284 e. The molecule has 2 aromatic carbocycles. The molecule has 5 nitrogen and oxygen atoms in total. The van der Waals surface area contributed by atoms with Gasteiger partial charge in [-0.1, -0.05) is 46.3 Å². The van der Waals surface area contributed by atoms with Gasteiger partial charge in [-0.15, -0.1) is 4.40 Å². The highest BCUT2D eigenvalue weighted by Gasteiger charge is 2.18. The van der Waals surface area contributed by atoms with Crippen molar-refractivity contribution in [1.82, 2.24) is 0 Å². The van der Waals surface area contributed by atoms with E-state index in [9.17, 15) is 13.2 Å². The lowest BCUT2D eigenvalue weighted by Gasteiger charge is -2.10. The van der Waals surface area contributed by atoms with Crippen molar-refractivity contribution >= 4 is 43.3 Å². The number of halogens is 1. The standard InChI is InChI=1S/C21H17BrN2O3S/c1-14-12-18(13-15(2)20(14)25)23-21(16-6-4-3-5-7-16)24-28(26,27)19-10-8-17(22)9-11-19/h3-13H,1-2H3/b24-21+. The number of rotatable bonds is 3. The van der Waals surface area contributed by atoms with Crippen LogP contribution in [0.15, 0.2) is 96.7 Å². The Balaban J connectivity index is 2.14. The lowest BCUT2D eigenvalue weighted by atomic mass is 9.98. The summed E-state index contributed by atoms with van der Waals surface area (Å²) in [5, 5.41) is 0. The molecule has 0 unspecified atom stereocenters. The zero-order valence-corrected chi connectivity index (χ0v) is 17.7. The Morgan fingerprint density at radius 3 is 2.04 bits per heavy atom. The molecule has 0 saturated carbocycles. The minimum atomic E-state index is -3.96. The van der Waals surface area contributed by atoms with Crippen molar-refractivity contribution < 1.29 is 13.2 Å². The van der Waals surface area contributed by atoms with Crippen LogP contribution in [0.25, 0.3) is 0 Å². The van der Waals surface area contributed by atoms with Crippen molar-refractivity contribution in [3.05, 3.63) is 87.9 Å². The molecule has 0 bridgehead atoms. The van der Waals surface area contributed by atoms with Crippen molar-refractivity contribution in [2.75, 3.05) is 0 Å². The second kappa shape index (κ2) is 8.16. The molecule has 0 heterocycles. The second-order valence-electron chi connectivity index (χ2n) is 6.23. The highest BCUT2D eigenvalue weighted by atomic mass is 79.9. The van der Waals surface area contributed by atoms with Crippen LogP contribution in [0, 0.1) is 0 Å². The number of Topliss-reactive ketones (excluding diaryl/α,β-unsaturated/α-hetero) is 1. The van der Waals surface area contributed by atoms with Gasteiger partial charge in [0, 0.05) is 10.0 Å². The van der Waals surface area contributed by atoms with E-state index in [2.05, 4.69) is 25.3 Å². The predicted octanol–water partition coefficient (Wildman–Crippen LogP) is 4.50. The molecule has 2 aromatic rings. The summed E-state index contributed by atoms with van der Waals surface area (Å²) in [6, 6.07) is 15.1. The molecule has 0 aromatic heterocycles. The third kappa shape index (κ3) is 4.61. The van der Waals surface area contributed by atoms with E-state index in [4.69, 9.17) is 0 Å². The van der Waals surface area contributed by atoms with Crippen molar-refractivity contribution in [3.63, 3.8) is 0 Å². The lowest BCUT2D eigenvalue weighted by Crippen LogP contribution is -2.13. The van der Waals surface area contributed by atoms with Gasteiger partial charge in [0.2, 0.25) is 0 Å². The molecular weight excluding hydrogens is 440 g/mol. The van der Waals surface area contributed by atoms with Crippen LogP contribution in [0.1, 0.15) is 19.4 Å². The molecule has 0 spiro atoms. The summed E-state index contributed by atoms with van der Waals surface area (Å²) in [7, 11) is -3.96. The van der Waals surface area contributed by atoms with Crippen LogP contribution in [-0.2, 0) is 14.8 Å². The number of aliphatic imine (C=N–C) groups is 1. The first-order chi connectivity index (χ1) is 13.3. The number of nitrogens with zero attached hydrogens (tertiary/aromatic N) is 2. The Morgan fingerprint density at radius 1 is 0.893 bits per heavy atom. The lowest BCUT2D eigenvalue weighted by molar-refractivity contribution is -0.112. The highest BCUT2D eigenvalue weighted by molar-refractivity contribution is 9.10. The van der Waals surface area contributed by atoms with Gasteiger partial charge in [0.15, 0.2) is 11.6 Å². The predicted molar refractivity (Wildman–Crippen MR) is 114 cm³/mol. The maximum absolute atomic E-state index is 12.8. The van der Waals surface area contributed by atoms with Crippen molar-refractivity contribution in [2.45, 2.75) is 18.7 Å². The fourth-order valence-corrected chi connectivity index (χ4v) is 3.84. The summed E-state index contributed by atoms with van der Waals surface area (Å²) in [6.07, 6.45) is 3.25. The molecule has 28 heavy (non-hydrogen) atoms. The molecule has 0 saturated heterocycles. The van der Waals surface area contributed by atoms with E-state index in [0.717, 1.165) is 4.47 Å². The summed E-state index contributed by atoms with van der Waals surface area (Å²) < 4.78 is 30.3. The van der Waals surface area contributed by atoms with Gasteiger partial charge in [0.05, 0.1) is 10.6 Å². The Labute approximate surface area is 172 Å². The first-order valence-corrected chi connectivity index (χ1v) is 10.7. The van der Waals surface area contributed by atoms with Crippen LogP contribution in [0.5, 0.6) is 0 Å². The quantitative estimate of drug-likeness (QED) is 0.387. The van der Waals surface area contributed by atoms with Crippen molar-refractivity contribution in [2.24, 2.45) is 9.39 Å². The third-order valence-electron chi connectivity index (χ3n) is 4.03. The molecule has 7 heteroatoms. The van der Waals surface area contributed by atoms with Crippen LogP contribution in [0.3, 0.4) is 0 Å². The number of hydrogen-bond acceptors (Lipinski definition) is 3. The molecule has 0 radical (unpaired) electrons. The van der Waals surface area contributed by atoms with Crippen LogP contribution < -0.4 is 0 Å². The van der Waals surface area contributed by atoms with Gasteiger partial charge in [-0.25, -0.2) is 4.99 Å². The SMILES string of the molecule is CC1=CC(=N/C(=N/S(=O)(=O)c2ccc(Br)cc2)c2ccccc2)C=C(C)C1=O. The molecule has 1 aliphatic carbocycles. The maximum Gasteiger partial charge on any atom is 0.284 e. The van der Waals surface area contributed by atoms with Crippen LogP contribution >= 0.6 is 15.9 Å². The van der Waals surface area contributed by atoms with Crippen molar-refractivity contribution in [1.29, 1.82) is 0 Å². The van der Waals surface area contributed by atoms with E-state index in [0.29, 0.717) is 22.4 Å². The van der Waals surface area contributed by atoms with E-state index in [1.165, 1.54) is 12.1 Å². The molecular formula is C21H17BrN2O3S. The van der Waals surface area contributed by atoms with Gasteiger partial charge in [0.1, 0.15) is 0 Å². The Kier molecular flexibility index (Phi) is 5.86. The van der Waals surface area contributed by atoms with E-state index >= 15 is 0 Å². The number of benzene rings is 2. The Morgan fingerprint density at radius 2 is 1.46 bits per heavy atom. The number of carbonyl (C=O) groups excluding carboxylic acids is 1. The number of hydrogen-bond donors (Lipinski definition) is 0. The summed E-state index contributed by atoms with van der Waals surface area (Å²) in [5.74, 6) is 0.000557. The fraction of sp³-hybridized carbons (Fsp3) is 0.0952. The van der Waals surface area contributed by atoms with E-state index < -0.39 is 10.0 Å². The topological polar surface area (TPSA) is 75.9 Å². The largest absolute Gasteiger partial charge is 0.289 e. The van der Waals surface area contributed by atoms with Crippen LogP contribution in [0.2, 0.25) is 0 Å². The summed E-state index contributed by atoms with van der Waals surface area (Å²) in [6.45, 7) is 3.40. The highest BCUT2D eigenvalue weighted by Crippen LogP contribution is 2.19. The number of sulfonamides is 1. The van der Waals surface area contributed by atoms with Gasteiger partial charge in [-0.2, -0.15) is 8.42 Å². The number of carbonyl (C=O) groups is 1. The first-order valence-electron chi connectivity index (χ1n) is 8.42. The number of ketones is 1. The van der Waals surface area contributed by atoms with E-state index in [1.54, 1.807) is 62.4 Å². The molecule has 0 aliphatic heterocycles. The zero-order chi connectivity index (χ0) is 20.3. The van der Waals surface area contributed by atoms with Gasteiger partial charge in [0.25, 0.3) is 10.0 Å². The number of amidine groups is 1. The van der Waals surface area contributed by atoms with Crippen LogP contribution in [0.4, 0.5) is 0 Å². The zero-order valence-electron chi connectivity index (χ0n) is 15.3. The van der Waals surface area contributed by atoms with Crippen molar-refractivity contribution in [3.8, 4) is 0 Å². The molecule has 0 N–H and O–H groups in total. The normalized spacial score (nSPS) is 15.2. The minimum Gasteiger partial charge on any atom is -0.289 e. The summed E-state index contributed by atoms with van der Waals surface area (Å²) in [5.41, 5.74) is 2.12. The molecule has 0 amide bonds. The Bertz CT molecular complexity index is 1120. The van der Waals surface area contributed by atoms with E-state index in [1.807, 2.05) is 6.07 Å². The second-order valence-corrected chi connectivity index (χ2v) is 8.75. The van der Waals surface area contributed by atoms with E-state index in [-0.39, 0.29) is 16.5 Å². The third-order valence-corrected chi connectivity index (χ3v) is 5.84. The molecule has 1 aliphatic rings. The minimum absolute atomic E-state index is 0.0559. The molecule has 142 valence electrons. The summed E-state index contributed by atoms with van der Waals surface area (Å²) >= 11 is 3.29. The molecule has 0 fully saturated rings. The molecule has 0 atom stereocenters. The fourth-order valence-electron chi connectivity index (χ4n) is 2.61. The Hall–Kier alpha value is -2.64. The average Bonchev–Trinajstić information content (AvgIpc) is 2.66. The monoisotopic (exact) mass is 456 g/mol. The summed E-state index contributed by atoms with van der Waals surface area (Å²) in [4.78, 5) is 16.5. The van der Waals surface area contributed by atoms with Gasteiger partial charge >= 0.3 is 0 Å².